The van der Waals surface area contributed by atoms with Gasteiger partial charge in [0.1, 0.15) is 4.70 Å². The Balaban J connectivity index is 0.00000144. The molecule has 1 heterocycles. The van der Waals surface area contributed by atoms with Gasteiger partial charge in [-0.25, -0.2) is 0 Å². The predicted molar refractivity (Wildman–Crippen MR) is 65.2 cm³/mol. The van der Waals surface area contributed by atoms with Crippen molar-refractivity contribution in [3.05, 3.63) is 42.4 Å². The van der Waals surface area contributed by atoms with Crippen molar-refractivity contribution in [3.63, 3.8) is 0 Å². The standard InChI is InChI=1S/C12H12N2OS.BrH/c1-2-7-13-12(15)8-14-9-16-11-6-4-3-5-10(11)14;/h2-6,9H,1,7-8H2;1H. The third kappa shape index (κ3) is 3.38. The Hall–Kier alpha value is -1.20. The maximum absolute atomic E-state index is 11.5. The van der Waals surface area contributed by atoms with Crippen molar-refractivity contribution in [2.75, 3.05) is 6.54 Å². The number of thiazole rings is 1. The minimum atomic E-state index is 0. The fourth-order valence-electron chi connectivity index (χ4n) is 1.49. The first-order chi connectivity index (χ1) is 7.81. The van der Waals surface area contributed by atoms with Gasteiger partial charge in [0.2, 0.25) is 17.6 Å². The SMILES string of the molecule is C=CCNC(=O)C[n+]1csc2ccccc21.[Br-]. The van der Waals surface area contributed by atoms with Crippen LogP contribution in [-0.4, -0.2) is 12.5 Å². The van der Waals surface area contributed by atoms with Crippen LogP contribution in [0.25, 0.3) is 10.2 Å². The summed E-state index contributed by atoms with van der Waals surface area (Å²) in [6.07, 6.45) is 1.67. The summed E-state index contributed by atoms with van der Waals surface area (Å²) in [6.45, 7) is 4.43. The molecule has 0 bridgehead atoms. The van der Waals surface area contributed by atoms with Crippen molar-refractivity contribution in [3.8, 4) is 0 Å². The second-order valence-corrected chi connectivity index (χ2v) is 4.30. The van der Waals surface area contributed by atoms with Crippen molar-refractivity contribution in [1.29, 1.82) is 0 Å². The number of carbonyl (C=O) groups is 1. The number of aromatic nitrogens is 1. The molecule has 5 heteroatoms. The molecule has 0 saturated heterocycles. The molecule has 3 nitrogen and oxygen atoms in total. The van der Waals surface area contributed by atoms with E-state index in [1.54, 1.807) is 17.4 Å². The summed E-state index contributed by atoms with van der Waals surface area (Å²) in [4.78, 5) is 11.5. The van der Waals surface area contributed by atoms with Crippen LogP contribution >= 0.6 is 11.3 Å². The molecule has 17 heavy (non-hydrogen) atoms. The van der Waals surface area contributed by atoms with E-state index in [0.29, 0.717) is 13.1 Å². The summed E-state index contributed by atoms with van der Waals surface area (Å²) in [5.41, 5.74) is 3.07. The lowest BCUT2D eigenvalue weighted by atomic mass is 10.3. The summed E-state index contributed by atoms with van der Waals surface area (Å²) >= 11 is 1.64. The zero-order chi connectivity index (χ0) is 11.4. The van der Waals surface area contributed by atoms with E-state index in [2.05, 4.69) is 18.0 Å². The number of benzene rings is 1. The first-order valence-corrected chi connectivity index (χ1v) is 5.92. The van der Waals surface area contributed by atoms with E-state index in [9.17, 15) is 4.79 Å². The lowest BCUT2D eigenvalue weighted by molar-refractivity contribution is -0.654. The predicted octanol–water partition coefficient (Wildman–Crippen LogP) is -1.50. The number of para-hydroxylation sites is 1. The topological polar surface area (TPSA) is 33.0 Å². The van der Waals surface area contributed by atoms with Crippen molar-refractivity contribution >= 4 is 27.5 Å². The Kier molecular flexibility index (Phi) is 5.31. The minimum Gasteiger partial charge on any atom is -1.00 e. The normalized spacial score (nSPS) is 9.65. The second-order valence-electron chi connectivity index (χ2n) is 3.41. The molecule has 0 aliphatic heterocycles. The third-order valence-electron chi connectivity index (χ3n) is 2.24. The van der Waals surface area contributed by atoms with Gasteiger partial charge in [-0.05, 0) is 6.07 Å². The van der Waals surface area contributed by atoms with Crippen LogP contribution in [0.3, 0.4) is 0 Å². The number of hydrogen-bond acceptors (Lipinski definition) is 2. The minimum absolute atomic E-state index is 0. The van der Waals surface area contributed by atoms with E-state index in [4.69, 9.17) is 0 Å². The summed E-state index contributed by atoms with van der Waals surface area (Å²) in [7, 11) is 0. The Morgan fingerprint density at radius 1 is 1.47 bits per heavy atom. The monoisotopic (exact) mass is 312 g/mol. The van der Waals surface area contributed by atoms with Gasteiger partial charge in [0.15, 0.2) is 0 Å². The van der Waals surface area contributed by atoms with Gasteiger partial charge in [-0.15, -0.1) is 6.58 Å². The highest BCUT2D eigenvalue weighted by molar-refractivity contribution is 7.16. The van der Waals surface area contributed by atoms with Crippen LogP contribution in [0.2, 0.25) is 0 Å². The van der Waals surface area contributed by atoms with Gasteiger partial charge in [-0.2, -0.15) is 4.57 Å². The molecule has 0 aliphatic carbocycles. The number of nitrogens with zero attached hydrogens (tertiary/aromatic N) is 1. The van der Waals surface area contributed by atoms with Gasteiger partial charge in [0, 0.05) is 12.6 Å². The number of carbonyl (C=O) groups excluding carboxylic acids is 1. The molecule has 2 aromatic rings. The van der Waals surface area contributed by atoms with Gasteiger partial charge in [-0.1, -0.05) is 29.5 Å². The third-order valence-corrected chi connectivity index (χ3v) is 3.20. The molecule has 0 saturated carbocycles. The number of hydrogen-bond donors (Lipinski definition) is 1. The molecule has 0 fully saturated rings. The summed E-state index contributed by atoms with van der Waals surface area (Å²) in [5.74, 6) is 0.00783. The largest absolute Gasteiger partial charge is 1.00 e. The van der Waals surface area contributed by atoms with E-state index < -0.39 is 0 Å². The van der Waals surface area contributed by atoms with Crippen LogP contribution < -0.4 is 26.9 Å². The molecule has 2 rings (SSSR count). The second kappa shape index (κ2) is 6.51. The number of nitrogens with one attached hydrogen (secondary N) is 1. The van der Waals surface area contributed by atoms with Gasteiger partial charge >= 0.3 is 0 Å². The van der Waals surface area contributed by atoms with Crippen LogP contribution in [0.5, 0.6) is 0 Å². The summed E-state index contributed by atoms with van der Waals surface area (Å²) in [5, 5.41) is 2.76. The number of fused-ring (bicyclic) bond motifs is 1. The summed E-state index contributed by atoms with van der Waals surface area (Å²) in [6, 6.07) is 8.05. The Morgan fingerprint density at radius 2 is 2.24 bits per heavy atom. The Bertz CT molecular complexity index is 524. The van der Waals surface area contributed by atoms with Crippen LogP contribution in [0.4, 0.5) is 0 Å². The average Bonchev–Trinajstić information content (AvgIpc) is 2.70. The molecule has 1 N–H and O–H groups in total. The molecule has 1 aromatic carbocycles. The first kappa shape index (κ1) is 13.9. The smallest absolute Gasteiger partial charge is 0.286 e. The molecular formula is C12H13BrN2OS. The highest BCUT2D eigenvalue weighted by atomic mass is 79.9. The van der Waals surface area contributed by atoms with Gasteiger partial charge < -0.3 is 22.3 Å². The highest BCUT2D eigenvalue weighted by Gasteiger charge is 2.14. The number of halogens is 1. The zero-order valence-electron chi connectivity index (χ0n) is 9.23. The van der Waals surface area contributed by atoms with Gasteiger partial charge in [0.25, 0.3) is 5.91 Å². The maximum atomic E-state index is 11.5. The van der Waals surface area contributed by atoms with E-state index in [-0.39, 0.29) is 22.9 Å². The average molecular weight is 313 g/mol. The van der Waals surface area contributed by atoms with E-state index in [0.717, 1.165) is 5.52 Å². The van der Waals surface area contributed by atoms with Crippen molar-refractivity contribution in [1.82, 2.24) is 5.32 Å². The number of amides is 1. The fourth-order valence-corrected chi connectivity index (χ4v) is 2.38. The van der Waals surface area contributed by atoms with Gasteiger partial charge in [0.05, 0.1) is 0 Å². The highest BCUT2D eigenvalue weighted by Crippen LogP contribution is 2.14. The van der Waals surface area contributed by atoms with Crippen molar-refractivity contribution < 1.29 is 26.3 Å². The first-order valence-electron chi connectivity index (χ1n) is 5.04. The van der Waals surface area contributed by atoms with Crippen molar-refractivity contribution in [2.24, 2.45) is 0 Å². The maximum Gasteiger partial charge on any atom is 0.286 e. The van der Waals surface area contributed by atoms with Crippen LogP contribution in [-0.2, 0) is 11.3 Å². The Labute approximate surface area is 115 Å². The van der Waals surface area contributed by atoms with E-state index >= 15 is 0 Å². The number of rotatable bonds is 4. The molecule has 0 spiro atoms. The van der Waals surface area contributed by atoms with Crippen LogP contribution in [0.15, 0.2) is 42.4 Å². The van der Waals surface area contributed by atoms with Crippen molar-refractivity contribution in [2.45, 2.75) is 6.54 Å². The molecule has 90 valence electrons. The lowest BCUT2D eigenvalue weighted by Crippen LogP contribution is -3.00. The summed E-state index contributed by atoms with van der Waals surface area (Å²) < 4.78 is 3.15. The molecule has 0 radical (unpaired) electrons. The van der Waals surface area contributed by atoms with Gasteiger partial charge in [-0.3, -0.25) is 4.79 Å². The molecule has 0 atom stereocenters. The van der Waals surface area contributed by atoms with Crippen LogP contribution in [0.1, 0.15) is 0 Å². The molecular weight excluding hydrogens is 300 g/mol. The molecule has 0 aliphatic rings. The zero-order valence-corrected chi connectivity index (χ0v) is 11.6. The van der Waals surface area contributed by atoms with E-state index in [1.807, 2.05) is 28.3 Å². The van der Waals surface area contributed by atoms with E-state index in [1.165, 1.54) is 4.70 Å². The molecule has 1 amide bonds. The molecule has 0 unspecified atom stereocenters. The Morgan fingerprint density at radius 3 is 3.00 bits per heavy atom. The quantitative estimate of drug-likeness (QED) is 0.541. The fraction of sp³-hybridized carbons (Fsp3) is 0.167. The van der Waals surface area contributed by atoms with Crippen LogP contribution in [0, 0.1) is 0 Å². The molecule has 1 aromatic heterocycles. The lowest BCUT2D eigenvalue weighted by Gasteiger charge is -1.97.